The molecule has 2 aromatic carbocycles. The fourth-order valence-corrected chi connectivity index (χ4v) is 3.30. The predicted octanol–water partition coefficient (Wildman–Crippen LogP) is 4.50. The number of pyridine rings is 1. The number of rotatable bonds is 5. The molecule has 4 aromatic rings. The van der Waals surface area contributed by atoms with Gasteiger partial charge >= 0.3 is 0 Å². The number of hydrogen-bond acceptors (Lipinski definition) is 4. The van der Waals surface area contributed by atoms with Gasteiger partial charge in [0, 0.05) is 17.1 Å². The normalized spacial score (nSPS) is 10.9. The van der Waals surface area contributed by atoms with Gasteiger partial charge in [-0.2, -0.15) is 10.1 Å². The van der Waals surface area contributed by atoms with E-state index in [1.54, 1.807) is 29.8 Å². The molecule has 1 amide bonds. The molecule has 0 aliphatic carbocycles. The van der Waals surface area contributed by atoms with E-state index in [9.17, 15) is 9.18 Å². The fraction of sp³-hybridized carbons (Fsp3) is 0.174. The third-order valence-electron chi connectivity index (χ3n) is 4.79. The molecular weight excluding hydrogens is 383 g/mol. The molecule has 2 heterocycles. The molecule has 30 heavy (non-hydrogen) atoms. The van der Waals surface area contributed by atoms with Gasteiger partial charge < -0.3 is 10.1 Å². The van der Waals surface area contributed by atoms with Gasteiger partial charge in [-0.15, -0.1) is 0 Å². The lowest BCUT2D eigenvalue weighted by molar-refractivity contribution is -0.118. The zero-order valence-corrected chi connectivity index (χ0v) is 16.9. The number of anilines is 1. The van der Waals surface area contributed by atoms with Gasteiger partial charge in [0.1, 0.15) is 5.82 Å². The minimum Gasteiger partial charge on any atom is -0.467 e. The van der Waals surface area contributed by atoms with Gasteiger partial charge in [0.05, 0.1) is 11.4 Å². The molecule has 152 valence electrons. The van der Waals surface area contributed by atoms with E-state index >= 15 is 0 Å². The van der Waals surface area contributed by atoms with E-state index < -0.39 is 5.91 Å². The summed E-state index contributed by atoms with van der Waals surface area (Å²) < 4.78 is 21.0. The highest BCUT2D eigenvalue weighted by molar-refractivity contribution is 5.92. The summed E-state index contributed by atoms with van der Waals surface area (Å²) in [6, 6.07) is 16.0. The smallest absolute Gasteiger partial charge is 0.262 e. The summed E-state index contributed by atoms with van der Waals surface area (Å²) in [4.78, 5) is 16.8. The fourth-order valence-electron chi connectivity index (χ4n) is 3.30. The molecule has 4 rings (SSSR count). The Hall–Kier alpha value is -3.74. The van der Waals surface area contributed by atoms with Gasteiger partial charge in [-0.05, 0) is 56.2 Å². The number of fused-ring (bicyclic) bond motifs is 1. The van der Waals surface area contributed by atoms with Gasteiger partial charge in [0.25, 0.3) is 5.91 Å². The van der Waals surface area contributed by atoms with Gasteiger partial charge in [0.2, 0.25) is 5.88 Å². The summed E-state index contributed by atoms with van der Waals surface area (Å²) >= 11 is 0. The van der Waals surface area contributed by atoms with Gasteiger partial charge in [-0.3, -0.25) is 4.79 Å². The summed E-state index contributed by atoms with van der Waals surface area (Å²) in [6.07, 6.45) is 0. The van der Waals surface area contributed by atoms with Gasteiger partial charge in [0.15, 0.2) is 12.3 Å². The Balaban J connectivity index is 1.56. The number of halogens is 1. The Morgan fingerprint density at radius 1 is 1.07 bits per heavy atom. The first kappa shape index (κ1) is 19.6. The minimum absolute atomic E-state index is 0.244. The summed E-state index contributed by atoms with van der Waals surface area (Å²) in [7, 11) is 0. The first-order valence-electron chi connectivity index (χ1n) is 9.53. The number of nitrogens with one attached hydrogen (secondary N) is 1. The van der Waals surface area contributed by atoms with Crippen molar-refractivity contribution in [3.05, 3.63) is 77.2 Å². The SMILES string of the molecule is Cc1ccc(NC(=O)COc2cc(C)c3c(C)nn(-c4ccccc4)c3n2)cc1F. The Bertz CT molecular complexity index is 1240. The summed E-state index contributed by atoms with van der Waals surface area (Å²) in [5.74, 6) is -0.450. The molecule has 0 atom stereocenters. The molecule has 0 saturated heterocycles. The molecule has 0 aliphatic rings. The molecule has 0 radical (unpaired) electrons. The van der Waals surface area contributed by atoms with Crippen molar-refractivity contribution in [2.45, 2.75) is 20.8 Å². The highest BCUT2D eigenvalue weighted by Gasteiger charge is 2.15. The number of aromatic nitrogens is 3. The van der Waals surface area contributed by atoms with Crippen LogP contribution < -0.4 is 10.1 Å². The van der Waals surface area contributed by atoms with E-state index in [0.29, 0.717) is 22.8 Å². The molecule has 2 aromatic heterocycles. The molecule has 0 fully saturated rings. The van der Waals surface area contributed by atoms with Crippen LogP contribution in [0.3, 0.4) is 0 Å². The van der Waals surface area contributed by atoms with E-state index in [1.165, 1.54) is 6.07 Å². The third-order valence-corrected chi connectivity index (χ3v) is 4.79. The number of benzene rings is 2. The van der Waals surface area contributed by atoms with Crippen LogP contribution in [0.25, 0.3) is 16.7 Å². The van der Waals surface area contributed by atoms with Crippen molar-refractivity contribution < 1.29 is 13.9 Å². The molecule has 0 bridgehead atoms. The van der Waals surface area contributed by atoms with Crippen LogP contribution >= 0.6 is 0 Å². The number of aryl methyl sites for hydroxylation is 3. The Morgan fingerprint density at radius 3 is 2.57 bits per heavy atom. The Kier molecular flexibility index (Phi) is 5.18. The zero-order chi connectivity index (χ0) is 21.3. The van der Waals surface area contributed by atoms with Crippen LogP contribution in [0.1, 0.15) is 16.8 Å². The maximum atomic E-state index is 13.7. The largest absolute Gasteiger partial charge is 0.467 e. The van der Waals surface area contributed by atoms with Crippen LogP contribution in [-0.2, 0) is 4.79 Å². The molecule has 1 N–H and O–H groups in total. The maximum absolute atomic E-state index is 13.7. The lowest BCUT2D eigenvalue weighted by atomic mass is 10.2. The summed E-state index contributed by atoms with van der Waals surface area (Å²) in [5.41, 5.74) is 4.26. The van der Waals surface area contributed by atoms with Crippen LogP contribution in [0.5, 0.6) is 5.88 Å². The number of ether oxygens (including phenoxy) is 1. The summed E-state index contributed by atoms with van der Waals surface area (Å²) in [6.45, 7) is 5.31. The van der Waals surface area contributed by atoms with Crippen LogP contribution in [0.2, 0.25) is 0 Å². The van der Waals surface area contributed by atoms with Crippen molar-refractivity contribution in [2.75, 3.05) is 11.9 Å². The number of amides is 1. The Morgan fingerprint density at radius 2 is 1.83 bits per heavy atom. The second kappa shape index (κ2) is 7.94. The lowest BCUT2D eigenvalue weighted by Gasteiger charge is -2.09. The van der Waals surface area contributed by atoms with E-state index in [1.807, 2.05) is 44.2 Å². The second-order valence-electron chi connectivity index (χ2n) is 7.11. The van der Waals surface area contributed by atoms with Crippen molar-refractivity contribution in [3.63, 3.8) is 0 Å². The molecule has 6 nitrogen and oxygen atoms in total. The molecule has 0 saturated carbocycles. The monoisotopic (exact) mass is 404 g/mol. The highest BCUT2D eigenvalue weighted by atomic mass is 19.1. The first-order chi connectivity index (χ1) is 14.4. The van der Waals surface area contributed by atoms with Crippen molar-refractivity contribution in [1.29, 1.82) is 0 Å². The van der Waals surface area contributed by atoms with Gasteiger partial charge in [-0.1, -0.05) is 24.3 Å². The summed E-state index contributed by atoms with van der Waals surface area (Å²) in [5, 5.41) is 8.19. The number of carbonyl (C=O) groups is 1. The van der Waals surface area contributed by atoms with Crippen LogP contribution in [0.15, 0.2) is 54.6 Å². The topological polar surface area (TPSA) is 69.0 Å². The quantitative estimate of drug-likeness (QED) is 0.532. The van der Waals surface area contributed by atoms with Crippen LogP contribution in [0.4, 0.5) is 10.1 Å². The van der Waals surface area contributed by atoms with E-state index in [0.717, 1.165) is 22.3 Å². The van der Waals surface area contributed by atoms with Crippen molar-refractivity contribution in [1.82, 2.24) is 14.8 Å². The number of nitrogens with zero attached hydrogens (tertiary/aromatic N) is 3. The molecule has 0 spiro atoms. The predicted molar refractivity (Wildman–Crippen MR) is 114 cm³/mol. The number of para-hydroxylation sites is 1. The molecular formula is C23H21FN4O2. The average Bonchev–Trinajstić information content (AvgIpc) is 3.07. The van der Waals surface area contributed by atoms with Crippen LogP contribution in [-0.4, -0.2) is 27.3 Å². The van der Waals surface area contributed by atoms with Gasteiger partial charge in [-0.25, -0.2) is 9.07 Å². The van der Waals surface area contributed by atoms with E-state index in [2.05, 4.69) is 15.4 Å². The first-order valence-corrected chi connectivity index (χ1v) is 9.53. The number of carbonyl (C=O) groups excluding carboxylic acids is 1. The maximum Gasteiger partial charge on any atom is 0.262 e. The minimum atomic E-state index is -0.398. The molecule has 7 heteroatoms. The standard InChI is InChI=1S/C23H21FN4O2/c1-14-9-10-17(12-19(14)24)25-20(29)13-30-21-11-15(2)22-16(3)27-28(23(22)26-21)18-7-5-4-6-8-18/h4-12H,13H2,1-3H3,(H,25,29). The third kappa shape index (κ3) is 3.87. The van der Waals surface area contributed by atoms with Crippen molar-refractivity contribution in [3.8, 4) is 11.6 Å². The Labute approximate surface area is 173 Å². The van der Waals surface area contributed by atoms with E-state index in [4.69, 9.17) is 4.74 Å². The molecule has 0 unspecified atom stereocenters. The zero-order valence-electron chi connectivity index (χ0n) is 16.9. The molecule has 0 aliphatic heterocycles. The lowest BCUT2D eigenvalue weighted by Crippen LogP contribution is -2.20. The number of hydrogen-bond donors (Lipinski definition) is 1. The second-order valence-corrected chi connectivity index (χ2v) is 7.11. The highest BCUT2D eigenvalue weighted by Crippen LogP contribution is 2.26. The van der Waals surface area contributed by atoms with E-state index in [-0.39, 0.29) is 12.4 Å². The average molecular weight is 404 g/mol. The van der Waals surface area contributed by atoms with Crippen molar-refractivity contribution in [2.24, 2.45) is 0 Å². The van der Waals surface area contributed by atoms with Crippen molar-refractivity contribution >= 4 is 22.6 Å². The van der Waals surface area contributed by atoms with Crippen LogP contribution in [0, 0.1) is 26.6 Å².